The third kappa shape index (κ3) is 4.01. The number of amides is 2. The highest BCUT2D eigenvalue weighted by molar-refractivity contribution is 8.15. The largest absolute Gasteiger partial charge is 0.491 e. The Hall–Kier alpha value is -3.52. The summed E-state index contributed by atoms with van der Waals surface area (Å²) >= 11 is 1.04. The van der Waals surface area contributed by atoms with E-state index in [9.17, 15) is 9.59 Å². The fraction of sp³-hybridized carbons (Fsp3) is 0.208. The van der Waals surface area contributed by atoms with Gasteiger partial charge in [-0.25, -0.2) is 4.98 Å². The number of hydrogen-bond donors (Lipinski definition) is 2. The molecule has 1 unspecified atom stereocenters. The summed E-state index contributed by atoms with van der Waals surface area (Å²) in [6.45, 7) is 2.36. The van der Waals surface area contributed by atoms with Gasteiger partial charge in [0.05, 0.1) is 23.1 Å². The van der Waals surface area contributed by atoms with E-state index in [-0.39, 0.29) is 11.1 Å². The maximum atomic E-state index is 11.9. The molecule has 1 fully saturated rings. The number of carbonyl (C=O) groups excluding carboxylic acids is 2. The number of fused-ring (bicyclic) bond motifs is 1. The van der Waals surface area contributed by atoms with Crippen LogP contribution in [0.2, 0.25) is 0 Å². The molecule has 2 aromatic carbocycles. The van der Waals surface area contributed by atoms with E-state index >= 15 is 0 Å². The van der Waals surface area contributed by atoms with Crippen LogP contribution in [0.25, 0.3) is 22.4 Å². The molecule has 162 valence electrons. The molecule has 32 heavy (non-hydrogen) atoms. The van der Waals surface area contributed by atoms with Gasteiger partial charge in [0.15, 0.2) is 0 Å². The van der Waals surface area contributed by atoms with Crippen molar-refractivity contribution in [3.63, 3.8) is 0 Å². The third-order valence-corrected chi connectivity index (χ3v) is 6.44. The number of rotatable bonds is 7. The summed E-state index contributed by atoms with van der Waals surface area (Å²) in [6, 6.07) is 15.6. The molecule has 0 radical (unpaired) electrons. The average molecular weight is 448 g/mol. The van der Waals surface area contributed by atoms with Crippen molar-refractivity contribution >= 4 is 33.8 Å². The molecular formula is C24H21N3O4S. The minimum Gasteiger partial charge on any atom is -0.491 e. The summed E-state index contributed by atoms with van der Waals surface area (Å²) in [5, 5.41) is 2.64. The smallest absolute Gasteiger partial charge is 0.286 e. The minimum absolute atomic E-state index is 0.234. The van der Waals surface area contributed by atoms with Gasteiger partial charge in [0, 0.05) is 23.6 Å². The monoisotopic (exact) mass is 447 g/mol. The van der Waals surface area contributed by atoms with Crippen molar-refractivity contribution in [1.29, 1.82) is 0 Å². The SMILES string of the molecule is Cc1oc(-c2ccccc2)nc1CCOc1ccc(CC2SC(=O)NC2=O)c2cc[nH]c12. The minimum atomic E-state index is -0.402. The fourth-order valence-electron chi connectivity index (χ4n) is 3.84. The van der Waals surface area contributed by atoms with E-state index in [0.717, 1.165) is 51.0 Å². The van der Waals surface area contributed by atoms with Gasteiger partial charge in [0.1, 0.15) is 11.5 Å². The number of nitrogens with one attached hydrogen (secondary N) is 2. The van der Waals surface area contributed by atoms with Gasteiger partial charge in [-0.3, -0.25) is 14.9 Å². The van der Waals surface area contributed by atoms with Gasteiger partial charge < -0.3 is 14.1 Å². The highest BCUT2D eigenvalue weighted by Gasteiger charge is 2.32. The van der Waals surface area contributed by atoms with Crippen LogP contribution >= 0.6 is 11.8 Å². The zero-order chi connectivity index (χ0) is 22.1. The number of oxazole rings is 1. The second-order valence-corrected chi connectivity index (χ2v) is 8.74. The van der Waals surface area contributed by atoms with Crippen molar-refractivity contribution in [2.45, 2.75) is 25.0 Å². The third-order valence-electron chi connectivity index (χ3n) is 5.46. The molecule has 1 saturated heterocycles. The topological polar surface area (TPSA) is 97.2 Å². The molecule has 8 heteroatoms. The maximum Gasteiger partial charge on any atom is 0.286 e. The van der Waals surface area contributed by atoms with Crippen LogP contribution < -0.4 is 10.1 Å². The molecule has 2 N–H and O–H groups in total. The number of imide groups is 1. The molecule has 2 aromatic heterocycles. The molecule has 5 rings (SSSR count). The normalized spacial score (nSPS) is 16.0. The molecule has 1 aliphatic heterocycles. The van der Waals surface area contributed by atoms with Crippen molar-refractivity contribution in [1.82, 2.24) is 15.3 Å². The maximum absolute atomic E-state index is 11.9. The number of carbonyl (C=O) groups is 2. The Kier molecular flexibility index (Phi) is 5.45. The Morgan fingerprint density at radius 1 is 1.12 bits per heavy atom. The zero-order valence-electron chi connectivity index (χ0n) is 17.4. The van der Waals surface area contributed by atoms with Crippen LogP contribution in [0.15, 0.2) is 59.1 Å². The summed E-state index contributed by atoms with van der Waals surface area (Å²) in [5.74, 6) is 1.90. The van der Waals surface area contributed by atoms with E-state index in [1.54, 1.807) is 0 Å². The number of aryl methyl sites for hydroxylation is 1. The Bertz CT molecular complexity index is 1300. The molecule has 0 aliphatic carbocycles. The Morgan fingerprint density at radius 2 is 1.97 bits per heavy atom. The molecule has 3 heterocycles. The average Bonchev–Trinajstić information content (AvgIpc) is 3.50. The van der Waals surface area contributed by atoms with Gasteiger partial charge in [-0.2, -0.15) is 0 Å². The van der Waals surface area contributed by atoms with E-state index in [0.29, 0.717) is 25.3 Å². The zero-order valence-corrected chi connectivity index (χ0v) is 18.2. The van der Waals surface area contributed by atoms with Crippen LogP contribution in [0.3, 0.4) is 0 Å². The van der Waals surface area contributed by atoms with Crippen molar-refractivity contribution in [3.8, 4) is 17.2 Å². The van der Waals surface area contributed by atoms with Crippen LogP contribution in [0, 0.1) is 6.92 Å². The number of benzene rings is 2. The van der Waals surface area contributed by atoms with E-state index in [1.165, 1.54) is 0 Å². The van der Waals surface area contributed by atoms with Crippen molar-refractivity contribution in [3.05, 3.63) is 71.7 Å². The standard InChI is InChI=1S/C24H21N3O4S/c1-14-18(26-23(31-14)15-5-3-2-4-6-15)10-12-30-19-8-7-16(17-9-11-25-21(17)19)13-20-22(28)27-24(29)32-20/h2-9,11,20,25H,10,12-13H2,1H3,(H,27,28,29). The van der Waals surface area contributed by atoms with Gasteiger partial charge >= 0.3 is 0 Å². The molecule has 7 nitrogen and oxygen atoms in total. The second kappa shape index (κ2) is 8.55. The van der Waals surface area contributed by atoms with E-state index in [4.69, 9.17) is 9.15 Å². The first-order valence-corrected chi connectivity index (χ1v) is 11.2. The van der Waals surface area contributed by atoms with Crippen LogP contribution in [-0.4, -0.2) is 33.0 Å². The molecular weight excluding hydrogens is 426 g/mol. The lowest BCUT2D eigenvalue weighted by Crippen LogP contribution is -2.25. The van der Waals surface area contributed by atoms with E-state index < -0.39 is 5.25 Å². The molecule has 0 bridgehead atoms. The van der Waals surface area contributed by atoms with Crippen molar-refractivity contribution < 1.29 is 18.7 Å². The van der Waals surface area contributed by atoms with Crippen LogP contribution in [0.4, 0.5) is 4.79 Å². The van der Waals surface area contributed by atoms with E-state index in [2.05, 4.69) is 15.3 Å². The number of hydrogen-bond acceptors (Lipinski definition) is 6. The predicted molar refractivity (Wildman–Crippen MR) is 123 cm³/mol. The first kappa shape index (κ1) is 20.4. The summed E-state index contributed by atoms with van der Waals surface area (Å²) in [7, 11) is 0. The summed E-state index contributed by atoms with van der Waals surface area (Å²) < 4.78 is 11.9. The number of thioether (sulfide) groups is 1. The quantitative estimate of drug-likeness (QED) is 0.428. The molecule has 4 aromatic rings. The number of ether oxygens (including phenoxy) is 1. The lowest BCUT2D eigenvalue weighted by Gasteiger charge is -2.11. The Morgan fingerprint density at radius 3 is 2.75 bits per heavy atom. The second-order valence-electron chi connectivity index (χ2n) is 7.56. The van der Waals surface area contributed by atoms with Gasteiger partial charge in [-0.05, 0) is 43.2 Å². The lowest BCUT2D eigenvalue weighted by molar-refractivity contribution is -0.118. The summed E-state index contributed by atoms with van der Waals surface area (Å²) in [6.07, 6.45) is 2.95. The highest BCUT2D eigenvalue weighted by atomic mass is 32.2. The highest BCUT2D eigenvalue weighted by Crippen LogP contribution is 2.31. The molecule has 0 spiro atoms. The summed E-state index contributed by atoms with van der Waals surface area (Å²) in [4.78, 5) is 31.2. The van der Waals surface area contributed by atoms with Crippen molar-refractivity contribution in [2.75, 3.05) is 6.61 Å². The van der Waals surface area contributed by atoms with E-state index in [1.807, 2.05) is 61.7 Å². The first-order chi connectivity index (χ1) is 15.6. The number of aromatic amines is 1. The van der Waals surface area contributed by atoms with Gasteiger partial charge in [-0.1, -0.05) is 36.0 Å². The Labute approximate surface area is 188 Å². The number of H-pyrrole nitrogens is 1. The summed E-state index contributed by atoms with van der Waals surface area (Å²) in [5.41, 5.74) is 3.69. The van der Waals surface area contributed by atoms with Crippen molar-refractivity contribution in [2.24, 2.45) is 0 Å². The van der Waals surface area contributed by atoms with Crippen LogP contribution in [0.1, 0.15) is 17.0 Å². The molecule has 0 saturated carbocycles. The molecule has 2 amide bonds. The van der Waals surface area contributed by atoms with Gasteiger partial charge in [-0.15, -0.1) is 0 Å². The first-order valence-electron chi connectivity index (χ1n) is 10.3. The number of nitrogens with zero attached hydrogens (tertiary/aromatic N) is 1. The van der Waals surface area contributed by atoms with Crippen LogP contribution in [-0.2, 0) is 17.6 Å². The predicted octanol–water partition coefficient (Wildman–Crippen LogP) is 4.65. The van der Waals surface area contributed by atoms with Gasteiger partial charge in [0.2, 0.25) is 11.8 Å². The fourth-order valence-corrected chi connectivity index (χ4v) is 4.68. The lowest BCUT2D eigenvalue weighted by atomic mass is 10.0. The van der Waals surface area contributed by atoms with Gasteiger partial charge in [0.25, 0.3) is 5.24 Å². The Balaban J connectivity index is 1.28. The molecule has 1 aliphatic rings. The number of aromatic nitrogens is 2. The van der Waals surface area contributed by atoms with Crippen LogP contribution in [0.5, 0.6) is 5.75 Å². The molecule has 1 atom stereocenters.